The third kappa shape index (κ3) is 7.25. The molecule has 1 aliphatic rings. The van der Waals surface area contributed by atoms with Crippen molar-refractivity contribution < 1.29 is 5.11 Å². The first-order valence-corrected chi connectivity index (χ1v) is 7.83. The zero-order valence-electron chi connectivity index (χ0n) is 13.1. The van der Waals surface area contributed by atoms with Gasteiger partial charge in [-0.05, 0) is 37.9 Å². The summed E-state index contributed by atoms with van der Waals surface area (Å²) >= 11 is 0. The topological polar surface area (TPSA) is 38.7 Å². The number of hydrogen-bond acceptors (Lipinski definition) is 4. The second-order valence-electron chi connectivity index (χ2n) is 6.54. The van der Waals surface area contributed by atoms with Crippen LogP contribution in [0.15, 0.2) is 0 Å². The van der Waals surface area contributed by atoms with E-state index in [1.54, 1.807) is 0 Å². The van der Waals surface area contributed by atoms with Crippen LogP contribution in [0.5, 0.6) is 0 Å². The lowest BCUT2D eigenvalue weighted by atomic mass is 9.92. The van der Waals surface area contributed by atoms with E-state index >= 15 is 0 Å². The summed E-state index contributed by atoms with van der Waals surface area (Å²) in [6.07, 6.45) is 2.42. The molecule has 2 N–H and O–H groups in total. The lowest BCUT2D eigenvalue weighted by Gasteiger charge is -2.32. The van der Waals surface area contributed by atoms with Gasteiger partial charge in [0.25, 0.3) is 0 Å². The molecule has 0 spiro atoms. The molecule has 0 aromatic rings. The van der Waals surface area contributed by atoms with Gasteiger partial charge in [-0.15, -0.1) is 0 Å². The molecule has 1 fully saturated rings. The van der Waals surface area contributed by atoms with Gasteiger partial charge in [0.2, 0.25) is 0 Å². The lowest BCUT2D eigenvalue weighted by molar-refractivity contribution is 0.168. The Balaban J connectivity index is 2.31. The number of β-amino-alcohol motifs (C(OH)–C–C–N with tert-alkyl or cyclic N) is 1. The molecule has 0 unspecified atom stereocenters. The van der Waals surface area contributed by atoms with Crippen molar-refractivity contribution >= 4 is 0 Å². The lowest BCUT2D eigenvalue weighted by Crippen LogP contribution is -2.42. The van der Waals surface area contributed by atoms with Gasteiger partial charge < -0.3 is 15.3 Å². The SMILES string of the molecule is CCCNCC(C)(C)CN1CCCN(CCO)CC1. The van der Waals surface area contributed by atoms with E-state index in [4.69, 9.17) is 5.11 Å². The van der Waals surface area contributed by atoms with Crippen LogP contribution in [-0.4, -0.2) is 73.9 Å². The van der Waals surface area contributed by atoms with Crippen LogP contribution in [0.3, 0.4) is 0 Å². The molecule has 1 aliphatic heterocycles. The highest BCUT2D eigenvalue weighted by molar-refractivity contribution is 4.79. The van der Waals surface area contributed by atoms with Gasteiger partial charge in [-0.2, -0.15) is 0 Å². The number of nitrogens with one attached hydrogen (secondary N) is 1. The Labute approximate surface area is 119 Å². The number of aliphatic hydroxyl groups excluding tert-OH is 1. The van der Waals surface area contributed by atoms with Gasteiger partial charge in [0.15, 0.2) is 0 Å². The van der Waals surface area contributed by atoms with Crippen LogP contribution >= 0.6 is 0 Å². The maximum absolute atomic E-state index is 9.02. The van der Waals surface area contributed by atoms with Gasteiger partial charge in [-0.3, -0.25) is 4.90 Å². The van der Waals surface area contributed by atoms with Gasteiger partial charge >= 0.3 is 0 Å². The quantitative estimate of drug-likeness (QED) is 0.646. The summed E-state index contributed by atoms with van der Waals surface area (Å²) in [6.45, 7) is 16.0. The van der Waals surface area contributed by atoms with Gasteiger partial charge in [-0.25, -0.2) is 0 Å². The molecule has 1 saturated heterocycles. The van der Waals surface area contributed by atoms with E-state index in [1.807, 2.05) is 0 Å². The Kier molecular flexibility index (Phi) is 7.91. The summed E-state index contributed by atoms with van der Waals surface area (Å²) < 4.78 is 0. The Hall–Kier alpha value is -0.160. The molecule has 114 valence electrons. The Morgan fingerprint density at radius 3 is 2.47 bits per heavy atom. The summed E-state index contributed by atoms with van der Waals surface area (Å²) in [7, 11) is 0. The fourth-order valence-electron chi connectivity index (χ4n) is 2.81. The Morgan fingerprint density at radius 2 is 1.79 bits per heavy atom. The molecule has 0 radical (unpaired) electrons. The van der Waals surface area contributed by atoms with Crippen LogP contribution in [0.25, 0.3) is 0 Å². The molecular weight excluding hydrogens is 238 g/mol. The molecule has 0 saturated carbocycles. The maximum atomic E-state index is 9.02. The molecule has 0 amide bonds. The molecule has 0 aliphatic carbocycles. The predicted molar refractivity (Wildman–Crippen MR) is 81.5 cm³/mol. The normalized spacial score (nSPS) is 19.6. The van der Waals surface area contributed by atoms with Crippen LogP contribution in [0.1, 0.15) is 33.6 Å². The second-order valence-corrected chi connectivity index (χ2v) is 6.54. The minimum Gasteiger partial charge on any atom is -0.395 e. The third-order valence-electron chi connectivity index (χ3n) is 3.78. The van der Waals surface area contributed by atoms with Gasteiger partial charge in [-0.1, -0.05) is 20.8 Å². The Bertz CT molecular complexity index is 233. The molecule has 4 nitrogen and oxygen atoms in total. The first-order valence-electron chi connectivity index (χ1n) is 7.83. The largest absolute Gasteiger partial charge is 0.395 e. The van der Waals surface area contributed by atoms with E-state index in [0.29, 0.717) is 5.41 Å². The van der Waals surface area contributed by atoms with E-state index in [9.17, 15) is 0 Å². The molecule has 19 heavy (non-hydrogen) atoms. The summed E-state index contributed by atoms with van der Waals surface area (Å²) in [6, 6.07) is 0. The molecule has 0 aromatic heterocycles. The highest BCUT2D eigenvalue weighted by Gasteiger charge is 2.23. The maximum Gasteiger partial charge on any atom is 0.0558 e. The minimum atomic E-state index is 0.284. The summed E-state index contributed by atoms with van der Waals surface area (Å²) in [4.78, 5) is 4.97. The fourth-order valence-corrected chi connectivity index (χ4v) is 2.81. The first-order chi connectivity index (χ1) is 9.07. The van der Waals surface area contributed by atoms with Crippen molar-refractivity contribution in [2.75, 3.05) is 59.0 Å². The molecule has 4 heteroatoms. The molecule has 0 atom stereocenters. The van der Waals surface area contributed by atoms with Crippen LogP contribution in [0.2, 0.25) is 0 Å². The molecule has 1 heterocycles. The molecular formula is C15H33N3O. The van der Waals surface area contributed by atoms with Crippen molar-refractivity contribution in [2.45, 2.75) is 33.6 Å². The molecule has 0 aromatic carbocycles. The first kappa shape index (κ1) is 16.9. The zero-order chi connectivity index (χ0) is 14.1. The predicted octanol–water partition coefficient (Wildman–Crippen LogP) is 1.01. The number of aliphatic hydroxyl groups is 1. The zero-order valence-corrected chi connectivity index (χ0v) is 13.1. The van der Waals surface area contributed by atoms with E-state index in [-0.39, 0.29) is 6.61 Å². The van der Waals surface area contributed by atoms with Crippen LogP contribution in [0.4, 0.5) is 0 Å². The molecule has 0 bridgehead atoms. The number of nitrogens with zero attached hydrogens (tertiary/aromatic N) is 2. The smallest absolute Gasteiger partial charge is 0.0558 e. The second kappa shape index (κ2) is 8.90. The van der Waals surface area contributed by atoms with Crippen molar-refractivity contribution in [3.05, 3.63) is 0 Å². The third-order valence-corrected chi connectivity index (χ3v) is 3.78. The summed E-state index contributed by atoms with van der Waals surface area (Å²) in [5.74, 6) is 0. The summed E-state index contributed by atoms with van der Waals surface area (Å²) in [5, 5.41) is 12.6. The molecule has 1 rings (SSSR count). The van der Waals surface area contributed by atoms with E-state index in [1.165, 1.54) is 19.4 Å². The average Bonchev–Trinajstić information content (AvgIpc) is 2.55. The van der Waals surface area contributed by atoms with E-state index in [0.717, 1.165) is 45.8 Å². The van der Waals surface area contributed by atoms with Crippen LogP contribution < -0.4 is 5.32 Å². The highest BCUT2D eigenvalue weighted by atomic mass is 16.3. The van der Waals surface area contributed by atoms with Crippen molar-refractivity contribution in [3.63, 3.8) is 0 Å². The Morgan fingerprint density at radius 1 is 1.11 bits per heavy atom. The van der Waals surface area contributed by atoms with Crippen molar-refractivity contribution in [3.8, 4) is 0 Å². The van der Waals surface area contributed by atoms with Gasteiger partial charge in [0.05, 0.1) is 6.61 Å². The van der Waals surface area contributed by atoms with Crippen molar-refractivity contribution in [2.24, 2.45) is 5.41 Å². The summed E-state index contributed by atoms with van der Waals surface area (Å²) in [5.41, 5.74) is 0.335. The number of rotatable bonds is 8. The van der Waals surface area contributed by atoms with Gasteiger partial charge in [0, 0.05) is 32.7 Å². The van der Waals surface area contributed by atoms with Crippen LogP contribution in [0, 0.1) is 5.41 Å². The standard InChI is InChI=1S/C15H33N3O/c1-4-6-16-13-15(2,3)14-18-8-5-7-17(9-10-18)11-12-19/h16,19H,4-14H2,1-3H3. The fraction of sp³-hybridized carbons (Fsp3) is 1.00. The van der Waals surface area contributed by atoms with Crippen LogP contribution in [-0.2, 0) is 0 Å². The van der Waals surface area contributed by atoms with E-state index in [2.05, 4.69) is 35.9 Å². The highest BCUT2D eigenvalue weighted by Crippen LogP contribution is 2.17. The van der Waals surface area contributed by atoms with Crippen molar-refractivity contribution in [1.29, 1.82) is 0 Å². The minimum absolute atomic E-state index is 0.284. The van der Waals surface area contributed by atoms with Gasteiger partial charge in [0.1, 0.15) is 0 Å². The monoisotopic (exact) mass is 271 g/mol. The number of hydrogen-bond donors (Lipinski definition) is 2. The average molecular weight is 271 g/mol. The van der Waals surface area contributed by atoms with E-state index < -0.39 is 0 Å². The van der Waals surface area contributed by atoms with Crippen molar-refractivity contribution in [1.82, 2.24) is 15.1 Å².